The Kier molecular flexibility index (Phi) is 2.77. The molecule has 0 amide bonds. The first-order valence-electron chi connectivity index (χ1n) is 6.66. The SMILES string of the molecule is Cc1c(C)n(C)c2nc3n(c(=S)c12)CCCCC3. The van der Waals surface area contributed by atoms with E-state index in [0.29, 0.717) is 0 Å². The molecule has 2 aromatic rings. The number of hydrogen-bond donors (Lipinski definition) is 0. The average Bonchev–Trinajstić information content (AvgIpc) is 2.57. The van der Waals surface area contributed by atoms with Crippen molar-refractivity contribution in [2.75, 3.05) is 0 Å². The molecule has 1 aliphatic rings. The fourth-order valence-electron chi connectivity index (χ4n) is 2.90. The van der Waals surface area contributed by atoms with E-state index in [-0.39, 0.29) is 0 Å². The first-order valence-corrected chi connectivity index (χ1v) is 7.07. The molecule has 18 heavy (non-hydrogen) atoms. The van der Waals surface area contributed by atoms with Crippen LogP contribution >= 0.6 is 12.2 Å². The zero-order valence-electron chi connectivity index (χ0n) is 11.3. The van der Waals surface area contributed by atoms with Gasteiger partial charge in [0.25, 0.3) is 0 Å². The van der Waals surface area contributed by atoms with Crippen LogP contribution in [-0.2, 0) is 20.0 Å². The van der Waals surface area contributed by atoms with E-state index in [1.54, 1.807) is 0 Å². The monoisotopic (exact) mass is 261 g/mol. The molecule has 0 unspecified atom stereocenters. The number of rotatable bonds is 0. The van der Waals surface area contributed by atoms with E-state index in [1.807, 2.05) is 0 Å². The van der Waals surface area contributed by atoms with E-state index in [4.69, 9.17) is 17.2 Å². The number of aromatic nitrogens is 3. The van der Waals surface area contributed by atoms with Crippen molar-refractivity contribution in [3.8, 4) is 0 Å². The van der Waals surface area contributed by atoms with Crippen LogP contribution in [0.4, 0.5) is 0 Å². The fraction of sp³-hybridized carbons (Fsp3) is 0.571. The first-order chi connectivity index (χ1) is 8.61. The van der Waals surface area contributed by atoms with Crippen LogP contribution in [0, 0.1) is 18.5 Å². The molecule has 0 radical (unpaired) electrons. The Morgan fingerprint density at radius 1 is 1.17 bits per heavy atom. The summed E-state index contributed by atoms with van der Waals surface area (Å²) in [5.74, 6) is 1.17. The van der Waals surface area contributed by atoms with E-state index >= 15 is 0 Å². The molecular formula is C14H19N3S. The summed E-state index contributed by atoms with van der Waals surface area (Å²) in [4.78, 5) is 4.88. The zero-order chi connectivity index (χ0) is 12.9. The molecule has 3 nitrogen and oxygen atoms in total. The maximum Gasteiger partial charge on any atom is 0.145 e. The smallest absolute Gasteiger partial charge is 0.145 e. The van der Waals surface area contributed by atoms with E-state index in [1.165, 1.54) is 41.7 Å². The second-order valence-corrected chi connectivity index (χ2v) is 5.65. The van der Waals surface area contributed by atoms with Gasteiger partial charge < -0.3 is 9.13 Å². The number of hydrogen-bond acceptors (Lipinski definition) is 2. The Labute approximate surface area is 112 Å². The first kappa shape index (κ1) is 11.9. The van der Waals surface area contributed by atoms with Crippen LogP contribution in [-0.4, -0.2) is 14.1 Å². The van der Waals surface area contributed by atoms with Crippen LogP contribution in [0.2, 0.25) is 0 Å². The molecule has 0 N–H and O–H groups in total. The highest BCUT2D eigenvalue weighted by atomic mass is 32.1. The molecule has 0 saturated carbocycles. The molecule has 0 spiro atoms. The van der Waals surface area contributed by atoms with Crippen LogP contribution < -0.4 is 0 Å². The summed E-state index contributed by atoms with van der Waals surface area (Å²) >= 11 is 5.71. The van der Waals surface area contributed by atoms with E-state index in [9.17, 15) is 0 Å². The van der Waals surface area contributed by atoms with Gasteiger partial charge in [-0.25, -0.2) is 4.98 Å². The average molecular weight is 261 g/mol. The summed E-state index contributed by atoms with van der Waals surface area (Å²) in [6, 6.07) is 0. The molecule has 96 valence electrons. The van der Waals surface area contributed by atoms with Gasteiger partial charge in [-0.3, -0.25) is 0 Å². The maximum atomic E-state index is 5.71. The second-order valence-electron chi connectivity index (χ2n) is 5.26. The number of nitrogens with zero attached hydrogens (tertiary/aromatic N) is 3. The van der Waals surface area contributed by atoms with Gasteiger partial charge in [0.1, 0.15) is 16.1 Å². The maximum absolute atomic E-state index is 5.71. The van der Waals surface area contributed by atoms with Crippen molar-refractivity contribution >= 4 is 23.3 Å². The third-order valence-electron chi connectivity index (χ3n) is 4.25. The van der Waals surface area contributed by atoms with Crippen molar-refractivity contribution in [3.05, 3.63) is 21.7 Å². The van der Waals surface area contributed by atoms with Crippen molar-refractivity contribution in [2.24, 2.45) is 7.05 Å². The fourth-order valence-corrected chi connectivity index (χ4v) is 3.34. The van der Waals surface area contributed by atoms with E-state index in [0.717, 1.165) is 23.3 Å². The normalized spacial score (nSPS) is 15.7. The Hall–Kier alpha value is -1.16. The second kappa shape index (κ2) is 4.19. The van der Waals surface area contributed by atoms with Gasteiger partial charge in [0, 0.05) is 25.7 Å². The lowest BCUT2D eigenvalue weighted by atomic mass is 10.2. The highest BCUT2D eigenvalue weighted by Gasteiger charge is 2.17. The lowest BCUT2D eigenvalue weighted by Crippen LogP contribution is -2.09. The van der Waals surface area contributed by atoms with Crippen molar-refractivity contribution < 1.29 is 0 Å². The van der Waals surface area contributed by atoms with Crippen molar-refractivity contribution in [3.63, 3.8) is 0 Å². The summed E-state index contributed by atoms with van der Waals surface area (Å²) in [6.45, 7) is 5.32. The van der Waals surface area contributed by atoms with Gasteiger partial charge >= 0.3 is 0 Å². The Bertz CT molecular complexity index is 679. The lowest BCUT2D eigenvalue weighted by Gasteiger charge is -2.10. The van der Waals surface area contributed by atoms with Crippen LogP contribution in [0.3, 0.4) is 0 Å². The van der Waals surface area contributed by atoms with Crippen molar-refractivity contribution in [1.29, 1.82) is 0 Å². The topological polar surface area (TPSA) is 22.8 Å². The Balaban J connectivity index is 2.42. The Morgan fingerprint density at radius 2 is 1.94 bits per heavy atom. The van der Waals surface area contributed by atoms with Gasteiger partial charge in [0.05, 0.1) is 5.39 Å². The molecule has 0 aromatic carbocycles. The van der Waals surface area contributed by atoms with Crippen molar-refractivity contribution in [2.45, 2.75) is 46.1 Å². The quantitative estimate of drug-likeness (QED) is 0.678. The summed E-state index contributed by atoms with van der Waals surface area (Å²) in [5.41, 5.74) is 3.61. The molecule has 2 aromatic heterocycles. The predicted molar refractivity (Wildman–Crippen MR) is 76.6 cm³/mol. The third-order valence-corrected chi connectivity index (χ3v) is 4.67. The molecule has 0 atom stereocenters. The standard InChI is InChI=1S/C14H19N3S/c1-9-10(2)16(3)13-12(9)14(18)17-8-6-4-5-7-11(17)15-13/h4-8H2,1-3H3. The lowest BCUT2D eigenvalue weighted by molar-refractivity contribution is 0.622. The molecule has 0 bridgehead atoms. The predicted octanol–water partition coefficient (Wildman–Crippen LogP) is 3.45. The third kappa shape index (κ3) is 1.55. The van der Waals surface area contributed by atoms with Crippen molar-refractivity contribution in [1.82, 2.24) is 14.1 Å². The summed E-state index contributed by atoms with van der Waals surface area (Å²) < 4.78 is 5.42. The van der Waals surface area contributed by atoms with Crippen LogP contribution in [0.15, 0.2) is 0 Å². The summed E-state index contributed by atoms with van der Waals surface area (Å²) in [6.07, 6.45) is 4.80. The molecule has 1 aliphatic heterocycles. The molecule has 0 saturated heterocycles. The van der Waals surface area contributed by atoms with E-state index < -0.39 is 0 Å². The highest BCUT2D eigenvalue weighted by Crippen LogP contribution is 2.26. The van der Waals surface area contributed by atoms with Crippen LogP contribution in [0.1, 0.15) is 36.3 Å². The number of fused-ring (bicyclic) bond motifs is 2. The van der Waals surface area contributed by atoms with Gasteiger partial charge in [-0.15, -0.1) is 0 Å². The van der Waals surface area contributed by atoms with E-state index in [2.05, 4.69) is 30.0 Å². The minimum atomic E-state index is 0.984. The number of aryl methyl sites for hydroxylation is 3. The Morgan fingerprint density at radius 3 is 2.72 bits per heavy atom. The summed E-state index contributed by atoms with van der Waals surface area (Å²) in [5, 5.41) is 1.18. The minimum absolute atomic E-state index is 0.984. The van der Waals surface area contributed by atoms with Gasteiger partial charge in [-0.05, 0) is 32.3 Å². The van der Waals surface area contributed by atoms with Gasteiger partial charge in [0.15, 0.2) is 0 Å². The summed E-state index contributed by atoms with van der Waals surface area (Å²) in [7, 11) is 2.08. The molecule has 0 aliphatic carbocycles. The molecular weight excluding hydrogens is 242 g/mol. The molecule has 0 fully saturated rings. The van der Waals surface area contributed by atoms with Crippen LogP contribution in [0.25, 0.3) is 11.0 Å². The van der Waals surface area contributed by atoms with Crippen LogP contribution in [0.5, 0.6) is 0 Å². The highest BCUT2D eigenvalue weighted by molar-refractivity contribution is 7.71. The largest absolute Gasteiger partial charge is 0.333 e. The van der Waals surface area contributed by atoms with Gasteiger partial charge in [0.2, 0.25) is 0 Å². The zero-order valence-corrected chi connectivity index (χ0v) is 12.1. The minimum Gasteiger partial charge on any atom is -0.333 e. The van der Waals surface area contributed by atoms with Gasteiger partial charge in [-0.2, -0.15) is 0 Å². The molecule has 4 heteroatoms. The molecule has 3 heterocycles. The molecule has 3 rings (SSSR count). The van der Waals surface area contributed by atoms with Gasteiger partial charge in [-0.1, -0.05) is 18.6 Å².